The molecule has 28 heavy (non-hydrogen) atoms. The predicted octanol–water partition coefficient (Wildman–Crippen LogP) is 1.68. The van der Waals surface area contributed by atoms with Crippen LogP contribution in [0.15, 0.2) is 48.5 Å². The highest BCUT2D eigenvalue weighted by molar-refractivity contribution is 5.84. The Morgan fingerprint density at radius 2 is 1.75 bits per heavy atom. The lowest BCUT2D eigenvalue weighted by Gasteiger charge is -2.17. The van der Waals surface area contributed by atoms with Gasteiger partial charge in [0.1, 0.15) is 11.9 Å². The molecule has 0 aliphatic carbocycles. The molecule has 2 rings (SSSR count). The molecule has 0 fully saturated rings. The molecule has 150 valence electrons. The van der Waals surface area contributed by atoms with E-state index in [4.69, 9.17) is 0 Å². The molecule has 0 saturated carbocycles. The first kappa shape index (κ1) is 21.6. The Hall–Kier alpha value is -2.73. The van der Waals surface area contributed by atoms with Crippen molar-refractivity contribution >= 4 is 11.8 Å². The summed E-state index contributed by atoms with van der Waals surface area (Å²) in [6.45, 7) is 4.75. The Morgan fingerprint density at radius 1 is 1.00 bits per heavy atom. The van der Waals surface area contributed by atoms with Crippen molar-refractivity contribution in [3.63, 3.8) is 0 Å². The number of benzene rings is 2. The van der Waals surface area contributed by atoms with Gasteiger partial charge in [-0.2, -0.15) is 0 Å². The highest BCUT2D eigenvalue weighted by atomic mass is 19.1. The molecule has 2 amide bonds. The molecule has 0 saturated heterocycles. The number of hydrogen-bond donors (Lipinski definition) is 3. The van der Waals surface area contributed by atoms with E-state index >= 15 is 0 Å². The van der Waals surface area contributed by atoms with Gasteiger partial charge in [0.05, 0.1) is 6.54 Å². The van der Waals surface area contributed by atoms with Gasteiger partial charge in [0.2, 0.25) is 5.91 Å². The number of hydrogen-bond acceptors (Lipinski definition) is 2. The van der Waals surface area contributed by atoms with Gasteiger partial charge in [-0.25, -0.2) is 4.39 Å². The maximum atomic E-state index is 13.7. The summed E-state index contributed by atoms with van der Waals surface area (Å²) >= 11 is 0. The normalized spacial score (nSPS) is 11.7. The zero-order valence-electron chi connectivity index (χ0n) is 16.5. The molecule has 0 aliphatic rings. The van der Waals surface area contributed by atoms with E-state index in [-0.39, 0.29) is 36.8 Å². The largest absolute Gasteiger partial charge is 0.355 e. The molecule has 0 aliphatic heterocycles. The van der Waals surface area contributed by atoms with Crippen LogP contribution >= 0.6 is 0 Å². The van der Waals surface area contributed by atoms with Crippen molar-refractivity contribution in [2.45, 2.75) is 32.7 Å². The first-order chi connectivity index (χ1) is 13.5. The van der Waals surface area contributed by atoms with Crippen LogP contribution in [0.4, 0.5) is 4.39 Å². The van der Waals surface area contributed by atoms with Crippen molar-refractivity contribution in [3.05, 3.63) is 71.0 Å². The average molecular weight is 386 g/mol. The number of quaternary nitrogens is 1. The molecule has 0 unspecified atom stereocenters. The van der Waals surface area contributed by atoms with Crippen LogP contribution in [-0.4, -0.2) is 31.4 Å². The number of nitrogens with one attached hydrogen (secondary N) is 2. The van der Waals surface area contributed by atoms with Crippen molar-refractivity contribution in [3.8, 4) is 0 Å². The molecule has 6 heteroatoms. The van der Waals surface area contributed by atoms with Crippen LogP contribution in [0.1, 0.15) is 43.0 Å². The van der Waals surface area contributed by atoms with Crippen molar-refractivity contribution < 1.29 is 19.3 Å². The summed E-state index contributed by atoms with van der Waals surface area (Å²) in [6.07, 6.45) is 1.79. The summed E-state index contributed by atoms with van der Waals surface area (Å²) in [6, 6.07) is 14.3. The Kier molecular flexibility index (Phi) is 8.62. The van der Waals surface area contributed by atoms with Crippen molar-refractivity contribution in [2.24, 2.45) is 0 Å². The van der Waals surface area contributed by atoms with Crippen molar-refractivity contribution in [1.29, 1.82) is 0 Å². The molecule has 4 N–H and O–H groups in total. The summed E-state index contributed by atoms with van der Waals surface area (Å²) in [7, 11) is 0. The van der Waals surface area contributed by atoms with E-state index in [1.165, 1.54) is 17.7 Å². The molecule has 5 nitrogen and oxygen atoms in total. The van der Waals surface area contributed by atoms with Crippen LogP contribution in [0.25, 0.3) is 0 Å². The molecule has 0 radical (unpaired) electrons. The SMILES string of the molecule is CCCNC(=O)CNC(=O)C[NH2+][C@@H](c1ccc(CC)cc1)c1cccc(F)c1. The minimum atomic E-state index is -0.307. The molecule has 2 aromatic rings. The number of carbonyl (C=O) groups excluding carboxylic acids is 2. The topological polar surface area (TPSA) is 74.8 Å². The second-order valence-electron chi connectivity index (χ2n) is 6.69. The third-order valence-electron chi connectivity index (χ3n) is 4.51. The average Bonchev–Trinajstić information content (AvgIpc) is 2.71. The highest BCUT2D eigenvalue weighted by Gasteiger charge is 2.20. The van der Waals surface area contributed by atoms with Crippen LogP contribution < -0.4 is 16.0 Å². The highest BCUT2D eigenvalue weighted by Crippen LogP contribution is 2.20. The third kappa shape index (κ3) is 6.78. The standard InChI is InChI=1S/C22H28FN3O2/c1-3-12-24-20(27)14-25-21(28)15-26-22(18-6-5-7-19(23)13-18)17-10-8-16(4-2)9-11-17/h5-11,13,22,26H,3-4,12,14-15H2,1-2H3,(H,24,27)(H,25,28)/p+1/t22-/m0/s1. The van der Waals surface area contributed by atoms with E-state index in [1.807, 2.05) is 42.6 Å². The first-order valence-corrected chi connectivity index (χ1v) is 9.74. The number of halogens is 1. The maximum absolute atomic E-state index is 13.7. The molecular formula is C22H29FN3O2+. The monoisotopic (exact) mass is 386 g/mol. The Morgan fingerprint density at radius 3 is 2.39 bits per heavy atom. The lowest BCUT2D eigenvalue weighted by atomic mass is 9.97. The van der Waals surface area contributed by atoms with Gasteiger partial charge in [0, 0.05) is 17.7 Å². The van der Waals surface area contributed by atoms with E-state index in [0.29, 0.717) is 6.54 Å². The third-order valence-corrected chi connectivity index (χ3v) is 4.51. The van der Waals surface area contributed by atoms with E-state index in [1.54, 1.807) is 6.07 Å². The number of nitrogens with two attached hydrogens (primary N) is 1. The number of aryl methyl sites for hydroxylation is 1. The molecule has 0 heterocycles. The van der Waals surface area contributed by atoms with E-state index in [9.17, 15) is 14.0 Å². The van der Waals surface area contributed by atoms with Crippen LogP contribution in [0.5, 0.6) is 0 Å². The smallest absolute Gasteiger partial charge is 0.275 e. The molecule has 0 spiro atoms. The van der Waals surface area contributed by atoms with Gasteiger partial charge in [-0.05, 0) is 30.5 Å². The summed E-state index contributed by atoms with van der Waals surface area (Å²) < 4.78 is 13.7. The van der Waals surface area contributed by atoms with Gasteiger partial charge in [-0.15, -0.1) is 0 Å². The molecule has 0 bridgehead atoms. The molecule has 1 atom stereocenters. The second kappa shape index (κ2) is 11.2. The summed E-state index contributed by atoms with van der Waals surface area (Å²) in [4.78, 5) is 23.8. The summed E-state index contributed by atoms with van der Waals surface area (Å²) in [5.41, 5.74) is 3.01. The van der Waals surface area contributed by atoms with E-state index < -0.39 is 0 Å². The van der Waals surface area contributed by atoms with Crippen LogP contribution in [0, 0.1) is 5.82 Å². The minimum absolute atomic E-state index is 0.0392. The van der Waals surface area contributed by atoms with Gasteiger partial charge in [0.15, 0.2) is 6.54 Å². The van der Waals surface area contributed by atoms with Crippen molar-refractivity contribution in [2.75, 3.05) is 19.6 Å². The molecule has 0 aromatic heterocycles. The van der Waals surface area contributed by atoms with Gasteiger partial charge in [-0.1, -0.05) is 50.2 Å². The summed E-state index contributed by atoms with van der Waals surface area (Å²) in [5.74, 6) is -0.747. The maximum Gasteiger partial charge on any atom is 0.275 e. The number of rotatable bonds is 10. The number of carbonyl (C=O) groups is 2. The second-order valence-corrected chi connectivity index (χ2v) is 6.69. The van der Waals surface area contributed by atoms with Gasteiger partial charge < -0.3 is 16.0 Å². The zero-order chi connectivity index (χ0) is 20.4. The quantitative estimate of drug-likeness (QED) is 0.581. The fourth-order valence-electron chi connectivity index (χ4n) is 2.93. The Labute approximate surface area is 165 Å². The van der Waals surface area contributed by atoms with Crippen molar-refractivity contribution in [1.82, 2.24) is 10.6 Å². The lowest BCUT2D eigenvalue weighted by Crippen LogP contribution is -2.87. The minimum Gasteiger partial charge on any atom is -0.355 e. The summed E-state index contributed by atoms with van der Waals surface area (Å²) in [5, 5.41) is 7.19. The van der Waals surface area contributed by atoms with E-state index in [2.05, 4.69) is 17.6 Å². The van der Waals surface area contributed by atoms with Gasteiger partial charge >= 0.3 is 0 Å². The predicted molar refractivity (Wildman–Crippen MR) is 107 cm³/mol. The van der Waals surface area contributed by atoms with E-state index in [0.717, 1.165) is 24.0 Å². The molecule has 2 aromatic carbocycles. The number of amides is 2. The van der Waals surface area contributed by atoms with Crippen LogP contribution in [0.2, 0.25) is 0 Å². The fourth-order valence-corrected chi connectivity index (χ4v) is 2.93. The Balaban J connectivity index is 2.03. The van der Waals surface area contributed by atoms with Crippen LogP contribution in [0.3, 0.4) is 0 Å². The molecular weight excluding hydrogens is 357 g/mol. The first-order valence-electron chi connectivity index (χ1n) is 9.74. The van der Waals surface area contributed by atoms with Crippen LogP contribution in [-0.2, 0) is 16.0 Å². The van der Waals surface area contributed by atoms with Gasteiger partial charge in [-0.3, -0.25) is 9.59 Å². The van der Waals surface area contributed by atoms with Gasteiger partial charge in [0.25, 0.3) is 5.91 Å². The Bertz CT molecular complexity index is 778. The lowest BCUT2D eigenvalue weighted by molar-refractivity contribution is -0.676. The zero-order valence-corrected chi connectivity index (χ0v) is 16.5. The fraction of sp³-hybridized carbons (Fsp3) is 0.364.